The van der Waals surface area contributed by atoms with Gasteiger partial charge in [-0.25, -0.2) is 4.39 Å². The van der Waals surface area contributed by atoms with E-state index in [0.717, 1.165) is 18.4 Å². The van der Waals surface area contributed by atoms with Gasteiger partial charge in [-0.05, 0) is 30.5 Å². The van der Waals surface area contributed by atoms with E-state index in [2.05, 4.69) is 5.32 Å². The molecule has 1 aliphatic carbocycles. The second kappa shape index (κ2) is 6.46. The Morgan fingerprint density at radius 3 is 2.32 bits per heavy atom. The lowest BCUT2D eigenvalue weighted by Gasteiger charge is -2.24. The van der Waals surface area contributed by atoms with Crippen molar-refractivity contribution in [2.75, 3.05) is 6.54 Å². The number of hydrogen-bond donors (Lipinski definition) is 1. The fourth-order valence-electron chi connectivity index (χ4n) is 2.12. The van der Waals surface area contributed by atoms with Crippen molar-refractivity contribution >= 4 is 11.8 Å². The minimum atomic E-state index is -0.512. The molecule has 2 rings (SSSR count). The van der Waals surface area contributed by atoms with E-state index in [1.165, 1.54) is 12.1 Å². The largest absolute Gasteiger partial charge is 0.347 e. The molecule has 1 N–H and O–H groups in total. The maximum absolute atomic E-state index is 12.9. The maximum Gasteiger partial charge on any atom is 0.242 e. The Bertz CT molecular complexity index is 545. The predicted octanol–water partition coefficient (Wildman–Crippen LogP) is 2.48. The van der Waals surface area contributed by atoms with E-state index in [4.69, 9.17) is 0 Å². The van der Waals surface area contributed by atoms with E-state index in [-0.39, 0.29) is 30.2 Å². The molecule has 120 valence electrons. The Labute approximate surface area is 130 Å². The first-order chi connectivity index (χ1) is 10.3. The van der Waals surface area contributed by atoms with Crippen LogP contribution in [0.2, 0.25) is 0 Å². The number of carbonyl (C=O) groups excluding carboxylic acids is 2. The van der Waals surface area contributed by atoms with Gasteiger partial charge in [-0.2, -0.15) is 0 Å². The van der Waals surface area contributed by atoms with Crippen molar-refractivity contribution in [1.29, 1.82) is 0 Å². The van der Waals surface area contributed by atoms with Crippen molar-refractivity contribution in [2.24, 2.45) is 5.41 Å². The average molecular weight is 306 g/mol. The number of amides is 2. The fourth-order valence-corrected chi connectivity index (χ4v) is 2.12. The van der Waals surface area contributed by atoms with Crippen LogP contribution >= 0.6 is 0 Å². The first-order valence-electron chi connectivity index (χ1n) is 7.59. The van der Waals surface area contributed by atoms with Crippen molar-refractivity contribution in [1.82, 2.24) is 10.2 Å². The van der Waals surface area contributed by atoms with Crippen molar-refractivity contribution < 1.29 is 14.0 Å². The summed E-state index contributed by atoms with van der Waals surface area (Å²) in [4.78, 5) is 26.0. The number of rotatable bonds is 5. The first kappa shape index (κ1) is 16.5. The van der Waals surface area contributed by atoms with Crippen LogP contribution in [0.3, 0.4) is 0 Å². The molecule has 0 radical (unpaired) electrons. The van der Waals surface area contributed by atoms with Crippen LogP contribution in [-0.2, 0) is 16.1 Å². The van der Waals surface area contributed by atoms with Crippen LogP contribution < -0.4 is 5.32 Å². The zero-order valence-corrected chi connectivity index (χ0v) is 13.4. The number of benzene rings is 1. The average Bonchev–Trinajstić information content (AvgIpc) is 3.27. The van der Waals surface area contributed by atoms with Crippen molar-refractivity contribution in [3.05, 3.63) is 35.6 Å². The third-order valence-corrected chi connectivity index (χ3v) is 3.66. The van der Waals surface area contributed by atoms with Crippen molar-refractivity contribution in [2.45, 2.75) is 46.2 Å². The highest BCUT2D eigenvalue weighted by Crippen LogP contribution is 2.28. The van der Waals surface area contributed by atoms with Crippen LogP contribution in [0.25, 0.3) is 0 Å². The van der Waals surface area contributed by atoms with E-state index < -0.39 is 5.41 Å². The number of nitrogens with one attached hydrogen (secondary N) is 1. The van der Waals surface area contributed by atoms with Crippen LogP contribution in [-0.4, -0.2) is 29.3 Å². The van der Waals surface area contributed by atoms with Gasteiger partial charge in [0.05, 0.1) is 6.54 Å². The van der Waals surface area contributed by atoms with Gasteiger partial charge in [0.25, 0.3) is 0 Å². The summed E-state index contributed by atoms with van der Waals surface area (Å²) in [7, 11) is 0. The molecule has 0 aliphatic heterocycles. The molecule has 2 amide bonds. The lowest BCUT2D eigenvalue weighted by Crippen LogP contribution is -2.44. The zero-order valence-electron chi connectivity index (χ0n) is 13.4. The Kier molecular flexibility index (Phi) is 4.84. The standard InChI is InChI=1S/C17H23FN2O2/c1-17(2,3)16(22)19-10-15(21)20(14-8-9-14)11-12-4-6-13(18)7-5-12/h4-7,14H,8-11H2,1-3H3,(H,19,22). The highest BCUT2D eigenvalue weighted by Gasteiger charge is 2.33. The molecule has 1 aliphatic rings. The molecule has 1 fully saturated rings. The van der Waals surface area contributed by atoms with E-state index in [9.17, 15) is 14.0 Å². The molecular weight excluding hydrogens is 283 g/mol. The maximum atomic E-state index is 12.9. The summed E-state index contributed by atoms with van der Waals surface area (Å²) in [6, 6.07) is 6.40. The number of hydrogen-bond acceptors (Lipinski definition) is 2. The Hall–Kier alpha value is -1.91. The van der Waals surface area contributed by atoms with Crippen LogP contribution in [0.1, 0.15) is 39.2 Å². The van der Waals surface area contributed by atoms with Crippen LogP contribution in [0.15, 0.2) is 24.3 Å². The van der Waals surface area contributed by atoms with Gasteiger partial charge in [0.15, 0.2) is 0 Å². The highest BCUT2D eigenvalue weighted by atomic mass is 19.1. The second-order valence-corrected chi connectivity index (χ2v) is 6.81. The molecule has 1 saturated carbocycles. The number of halogens is 1. The van der Waals surface area contributed by atoms with E-state index in [1.54, 1.807) is 17.0 Å². The van der Waals surface area contributed by atoms with E-state index in [0.29, 0.717) is 6.54 Å². The number of carbonyl (C=O) groups is 2. The third-order valence-electron chi connectivity index (χ3n) is 3.66. The van der Waals surface area contributed by atoms with Gasteiger partial charge in [0.1, 0.15) is 5.82 Å². The monoisotopic (exact) mass is 306 g/mol. The molecule has 5 heteroatoms. The lowest BCUT2D eigenvalue weighted by molar-refractivity contribution is -0.136. The van der Waals surface area contributed by atoms with Crippen molar-refractivity contribution in [3.8, 4) is 0 Å². The quantitative estimate of drug-likeness (QED) is 0.908. The summed E-state index contributed by atoms with van der Waals surface area (Å²) >= 11 is 0. The number of nitrogens with zero attached hydrogens (tertiary/aromatic N) is 1. The minimum absolute atomic E-state index is 0.00774. The summed E-state index contributed by atoms with van der Waals surface area (Å²) in [6.45, 7) is 5.89. The molecule has 0 spiro atoms. The van der Waals surface area contributed by atoms with Gasteiger partial charge in [-0.3, -0.25) is 9.59 Å². The van der Waals surface area contributed by atoms with Gasteiger partial charge in [-0.1, -0.05) is 32.9 Å². The van der Waals surface area contributed by atoms with Crippen LogP contribution in [0.4, 0.5) is 4.39 Å². The molecule has 1 aromatic rings. The van der Waals surface area contributed by atoms with E-state index >= 15 is 0 Å². The van der Waals surface area contributed by atoms with Crippen LogP contribution in [0, 0.1) is 11.2 Å². The highest BCUT2D eigenvalue weighted by molar-refractivity contribution is 5.87. The molecule has 0 heterocycles. The lowest BCUT2D eigenvalue weighted by atomic mass is 9.96. The summed E-state index contributed by atoms with van der Waals surface area (Å²) in [5.41, 5.74) is 0.380. The molecule has 1 aromatic carbocycles. The zero-order chi connectivity index (χ0) is 16.3. The predicted molar refractivity (Wildman–Crippen MR) is 82.4 cm³/mol. The van der Waals surface area contributed by atoms with Gasteiger partial charge in [-0.15, -0.1) is 0 Å². The molecule has 4 nitrogen and oxygen atoms in total. The van der Waals surface area contributed by atoms with Gasteiger partial charge < -0.3 is 10.2 Å². The SMILES string of the molecule is CC(C)(C)C(=O)NCC(=O)N(Cc1ccc(F)cc1)C1CC1. The normalized spacial score (nSPS) is 14.5. The summed E-state index contributed by atoms with van der Waals surface area (Å²) < 4.78 is 12.9. The summed E-state index contributed by atoms with van der Waals surface area (Å²) in [6.07, 6.45) is 1.97. The Morgan fingerprint density at radius 2 is 1.82 bits per heavy atom. The molecule has 0 unspecified atom stereocenters. The molecule has 0 atom stereocenters. The summed E-state index contributed by atoms with van der Waals surface area (Å²) in [5.74, 6) is -0.520. The molecule has 0 saturated heterocycles. The second-order valence-electron chi connectivity index (χ2n) is 6.81. The Balaban J connectivity index is 1.94. The molecule has 0 aromatic heterocycles. The Morgan fingerprint density at radius 1 is 1.23 bits per heavy atom. The third kappa shape index (κ3) is 4.55. The molecule has 22 heavy (non-hydrogen) atoms. The van der Waals surface area contributed by atoms with Crippen molar-refractivity contribution in [3.63, 3.8) is 0 Å². The summed E-state index contributed by atoms with van der Waals surface area (Å²) in [5, 5.41) is 2.69. The van der Waals surface area contributed by atoms with Gasteiger partial charge in [0.2, 0.25) is 11.8 Å². The fraction of sp³-hybridized carbons (Fsp3) is 0.529. The topological polar surface area (TPSA) is 49.4 Å². The van der Waals surface area contributed by atoms with Crippen LogP contribution in [0.5, 0.6) is 0 Å². The van der Waals surface area contributed by atoms with E-state index in [1.807, 2.05) is 20.8 Å². The minimum Gasteiger partial charge on any atom is -0.347 e. The smallest absolute Gasteiger partial charge is 0.242 e. The molecule has 0 bridgehead atoms. The van der Waals surface area contributed by atoms with Gasteiger partial charge in [0, 0.05) is 18.0 Å². The van der Waals surface area contributed by atoms with Gasteiger partial charge >= 0.3 is 0 Å². The first-order valence-corrected chi connectivity index (χ1v) is 7.59. The molecular formula is C17H23FN2O2.